The Morgan fingerprint density at radius 3 is 3.00 bits per heavy atom. The Balaban J connectivity index is 2.68. The molecule has 0 atom stereocenters. The Morgan fingerprint density at radius 1 is 1.36 bits per heavy atom. The van der Waals surface area contributed by atoms with Gasteiger partial charge in [0.15, 0.2) is 0 Å². The van der Waals surface area contributed by atoms with Crippen LogP contribution >= 0.6 is 11.6 Å². The Hall–Kier alpha value is -1.12. The van der Waals surface area contributed by atoms with Gasteiger partial charge in [-0.25, -0.2) is 0 Å². The summed E-state index contributed by atoms with van der Waals surface area (Å²) < 4.78 is 5.09. The molecule has 1 aromatic carbocycles. The lowest BCUT2D eigenvalue weighted by atomic mass is 10.1. The molecule has 0 N–H and O–H groups in total. The molecule has 0 spiro atoms. The first-order chi connectivity index (χ1) is 6.83. The average molecular weight is 208 g/mol. The number of hydrogen-bond donors (Lipinski definition) is 0. The van der Waals surface area contributed by atoms with Crippen LogP contribution in [-0.4, -0.2) is 12.1 Å². The third-order valence-corrected chi connectivity index (χ3v) is 2.43. The zero-order valence-corrected chi connectivity index (χ0v) is 8.58. The highest BCUT2D eigenvalue weighted by molar-refractivity contribution is 6.35. The van der Waals surface area contributed by atoms with E-state index in [1.807, 2.05) is 18.2 Å². The first-order valence-corrected chi connectivity index (χ1v) is 4.72. The molecule has 0 saturated heterocycles. The fourth-order valence-corrected chi connectivity index (χ4v) is 1.68. The van der Waals surface area contributed by atoms with E-state index in [0.29, 0.717) is 6.61 Å². The second-order valence-corrected chi connectivity index (χ2v) is 3.45. The first kappa shape index (κ1) is 9.44. The third-order valence-electron chi connectivity index (χ3n) is 2.10. The lowest BCUT2D eigenvalue weighted by Crippen LogP contribution is -1.91. The fraction of sp³-hybridized carbons (Fsp3) is 0.182. The van der Waals surface area contributed by atoms with E-state index >= 15 is 0 Å². The summed E-state index contributed by atoms with van der Waals surface area (Å²) in [4.78, 5) is 4.30. The molecular formula is C11H10ClNO. The topological polar surface area (TPSA) is 22.1 Å². The number of ether oxygens (including phenoxy) is 1. The number of fused-ring (bicyclic) bond motifs is 1. The summed E-state index contributed by atoms with van der Waals surface area (Å²) >= 11 is 6.05. The number of halogens is 1. The van der Waals surface area contributed by atoms with Crippen molar-refractivity contribution in [2.24, 2.45) is 0 Å². The summed E-state index contributed by atoms with van der Waals surface area (Å²) in [6, 6.07) is 7.71. The summed E-state index contributed by atoms with van der Waals surface area (Å²) in [7, 11) is 1.67. The maximum atomic E-state index is 6.05. The van der Waals surface area contributed by atoms with Crippen molar-refractivity contribution >= 4 is 22.5 Å². The van der Waals surface area contributed by atoms with Gasteiger partial charge in [-0.15, -0.1) is 0 Å². The molecule has 0 aliphatic heterocycles. The van der Waals surface area contributed by atoms with Crippen LogP contribution in [-0.2, 0) is 11.3 Å². The van der Waals surface area contributed by atoms with Gasteiger partial charge in [0, 0.05) is 24.3 Å². The number of rotatable bonds is 2. The van der Waals surface area contributed by atoms with Crippen LogP contribution in [0.4, 0.5) is 0 Å². The van der Waals surface area contributed by atoms with E-state index in [9.17, 15) is 0 Å². The van der Waals surface area contributed by atoms with Crippen molar-refractivity contribution in [3.05, 3.63) is 41.0 Å². The molecule has 72 valence electrons. The molecule has 2 nitrogen and oxygen atoms in total. The summed E-state index contributed by atoms with van der Waals surface area (Å²) in [5.74, 6) is 0. The predicted octanol–water partition coefficient (Wildman–Crippen LogP) is 3.03. The number of nitrogens with zero attached hydrogens (tertiary/aromatic N) is 1. The molecule has 0 radical (unpaired) electrons. The largest absolute Gasteiger partial charge is 0.380 e. The van der Waals surface area contributed by atoms with Gasteiger partial charge in [0.05, 0.1) is 17.1 Å². The highest BCUT2D eigenvalue weighted by Gasteiger charge is 2.03. The van der Waals surface area contributed by atoms with E-state index < -0.39 is 0 Å². The highest BCUT2D eigenvalue weighted by atomic mass is 35.5. The second kappa shape index (κ2) is 3.95. The minimum atomic E-state index is 0.560. The van der Waals surface area contributed by atoms with Crippen molar-refractivity contribution in [2.45, 2.75) is 6.61 Å². The zero-order chi connectivity index (χ0) is 9.97. The minimum absolute atomic E-state index is 0.560. The van der Waals surface area contributed by atoms with Crippen molar-refractivity contribution in [1.29, 1.82) is 0 Å². The molecule has 0 aliphatic rings. The number of hydrogen-bond acceptors (Lipinski definition) is 2. The van der Waals surface area contributed by atoms with Gasteiger partial charge in [0.1, 0.15) is 0 Å². The van der Waals surface area contributed by atoms with E-state index in [1.54, 1.807) is 19.4 Å². The van der Waals surface area contributed by atoms with Gasteiger partial charge >= 0.3 is 0 Å². The van der Waals surface area contributed by atoms with E-state index in [1.165, 1.54) is 0 Å². The maximum absolute atomic E-state index is 6.05. The number of aromatic nitrogens is 1. The van der Waals surface area contributed by atoms with Crippen LogP contribution in [0.15, 0.2) is 30.5 Å². The molecule has 0 fully saturated rings. The van der Waals surface area contributed by atoms with Gasteiger partial charge in [0.25, 0.3) is 0 Å². The number of benzene rings is 1. The van der Waals surface area contributed by atoms with Crippen molar-refractivity contribution in [2.75, 3.05) is 7.11 Å². The van der Waals surface area contributed by atoms with Gasteiger partial charge in [-0.3, -0.25) is 4.98 Å². The van der Waals surface area contributed by atoms with E-state index in [-0.39, 0.29) is 0 Å². The molecule has 0 saturated carbocycles. The maximum Gasteiger partial charge on any atom is 0.0772 e. The standard InChI is InChI=1S/C11H10ClNO/c1-14-7-8-3-2-4-9-10(12)5-6-13-11(8)9/h2-6H,7H2,1H3. The highest BCUT2D eigenvalue weighted by Crippen LogP contribution is 2.23. The van der Waals surface area contributed by atoms with Crippen LogP contribution in [0.1, 0.15) is 5.56 Å². The summed E-state index contributed by atoms with van der Waals surface area (Å²) in [5.41, 5.74) is 1.98. The monoisotopic (exact) mass is 207 g/mol. The van der Waals surface area contributed by atoms with Crippen molar-refractivity contribution in [3.63, 3.8) is 0 Å². The number of methoxy groups -OCH3 is 1. The molecule has 2 aromatic rings. The normalized spacial score (nSPS) is 10.7. The quantitative estimate of drug-likeness (QED) is 0.755. The van der Waals surface area contributed by atoms with Crippen LogP contribution in [0.5, 0.6) is 0 Å². The first-order valence-electron chi connectivity index (χ1n) is 4.34. The summed E-state index contributed by atoms with van der Waals surface area (Å²) in [5, 5.41) is 1.71. The molecule has 0 unspecified atom stereocenters. The van der Waals surface area contributed by atoms with Crippen LogP contribution in [0.25, 0.3) is 10.9 Å². The van der Waals surface area contributed by atoms with Crippen molar-refractivity contribution in [3.8, 4) is 0 Å². The SMILES string of the molecule is COCc1cccc2c(Cl)ccnc12. The molecule has 2 rings (SSSR count). The average Bonchev–Trinajstić information content (AvgIpc) is 2.20. The molecule has 0 amide bonds. The molecular weight excluding hydrogens is 198 g/mol. The van der Waals surface area contributed by atoms with Gasteiger partial charge in [-0.1, -0.05) is 29.8 Å². The van der Waals surface area contributed by atoms with E-state index in [0.717, 1.165) is 21.5 Å². The molecule has 1 aromatic heterocycles. The van der Waals surface area contributed by atoms with Crippen molar-refractivity contribution < 1.29 is 4.74 Å². The third kappa shape index (κ3) is 1.59. The van der Waals surface area contributed by atoms with Gasteiger partial charge < -0.3 is 4.74 Å². The van der Waals surface area contributed by atoms with Gasteiger partial charge in [0.2, 0.25) is 0 Å². The Morgan fingerprint density at radius 2 is 2.21 bits per heavy atom. The second-order valence-electron chi connectivity index (χ2n) is 3.04. The minimum Gasteiger partial charge on any atom is -0.380 e. The van der Waals surface area contributed by atoms with Crippen LogP contribution in [0.2, 0.25) is 5.02 Å². The molecule has 0 aliphatic carbocycles. The molecule has 3 heteroatoms. The van der Waals surface area contributed by atoms with Crippen LogP contribution < -0.4 is 0 Å². The van der Waals surface area contributed by atoms with Crippen LogP contribution in [0.3, 0.4) is 0 Å². The van der Waals surface area contributed by atoms with Crippen molar-refractivity contribution in [1.82, 2.24) is 4.98 Å². The fourth-order valence-electron chi connectivity index (χ4n) is 1.48. The van der Waals surface area contributed by atoms with E-state index in [4.69, 9.17) is 16.3 Å². The predicted molar refractivity (Wildman–Crippen MR) is 57.5 cm³/mol. The Labute approximate surface area is 87.5 Å². The lowest BCUT2D eigenvalue weighted by Gasteiger charge is -2.05. The smallest absolute Gasteiger partial charge is 0.0772 e. The number of pyridine rings is 1. The van der Waals surface area contributed by atoms with Gasteiger partial charge in [-0.05, 0) is 6.07 Å². The van der Waals surface area contributed by atoms with Crippen LogP contribution in [0, 0.1) is 0 Å². The summed E-state index contributed by atoms with van der Waals surface area (Å²) in [6.07, 6.45) is 1.71. The van der Waals surface area contributed by atoms with E-state index in [2.05, 4.69) is 4.98 Å². The Kier molecular flexibility index (Phi) is 2.66. The number of para-hydroxylation sites is 1. The summed E-state index contributed by atoms with van der Waals surface area (Å²) in [6.45, 7) is 0.560. The molecule has 14 heavy (non-hydrogen) atoms. The van der Waals surface area contributed by atoms with Gasteiger partial charge in [-0.2, -0.15) is 0 Å². The lowest BCUT2D eigenvalue weighted by molar-refractivity contribution is 0.186. The molecule has 1 heterocycles. The molecule has 0 bridgehead atoms. The Bertz CT molecular complexity index is 456. The zero-order valence-electron chi connectivity index (χ0n) is 7.83.